The molecule has 3 rings (SSSR count). The maximum Gasteiger partial charge on any atom is 0.323 e. The first-order chi connectivity index (χ1) is 11.8. The van der Waals surface area contributed by atoms with Crippen molar-refractivity contribution in [1.29, 1.82) is 0 Å². The highest BCUT2D eigenvalue weighted by Gasteiger charge is 2.04. The summed E-state index contributed by atoms with van der Waals surface area (Å²) in [7, 11) is 0. The van der Waals surface area contributed by atoms with Gasteiger partial charge < -0.3 is 10.6 Å². The fourth-order valence-electron chi connectivity index (χ4n) is 2.31. The first-order valence-electron chi connectivity index (χ1n) is 7.76. The predicted molar refractivity (Wildman–Crippen MR) is 101 cm³/mol. The van der Waals surface area contributed by atoms with Crippen molar-refractivity contribution in [1.82, 2.24) is 0 Å². The molecular formula is C21H18N2O. The molecule has 0 heterocycles. The van der Waals surface area contributed by atoms with Crippen LogP contribution in [-0.2, 0) is 0 Å². The molecule has 2 N–H and O–H groups in total. The van der Waals surface area contributed by atoms with E-state index in [0.29, 0.717) is 0 Å². The van der Waals surface area contributed by atoms with Crippen LogP contribution in [0.2, 0.25) is 0 Å². The molecule has 0 spiro atoms. The van der Waals surface area contributed by atoms with E-state index < -0.39 is 0 Å². The number of amides is 2. The molecule has 0 aliphatic rings. The molecule has 118 valence electrons. The SMILES string of the molecule is O=C(Nc1ccccc1)Nc1ccccc1C=Cc1ccccc1. The Kier molecular flexibility index (Phi) is 5.05. The van der Waals surface area contributed by atoms with Gasteiger partial charge in [-0.25, -0.2) is 4.79 Å². The molecule has 3 aromatic carbocycles. The number of urea groups is 1. The summed E-state index contributed by atoms with van der Waals surface area (Å²) in [6, 6.07) is 26.9. The Morgan fingerprint density at radius 2 is 1.29 bits per heavy atom. The zero-order valence-corrected chi connectivity index (χ0v) is 13.1. The summed E-state index contributed by atoms with van der Waals surface area (Å²) in [6.45, 7) is 0. The second-order valence-electron chi connectivity index (χ2n) is 5.28. The summed E-state index contributed by atoms with van der Waals surface area (Å²) < 4.78 is 0. The van der Waals surface area contributed by atoms with Gasteiger partial charge in [0.05, 0.1) is 0 Å². The topological polar surface area (TPSA) is 41.1 Å². The quantitative estimate of drug-likeness (QED) is 0.613. The first-order valence-corrected chi connectivity index (χ1v) is 7.76. The highest BCUT2D eigenvalue weighted by Crippen LogP contribution is 2.18. The lowest BCUT2D eigenvalue weighted by Crippen LogP contribution is -2.19. The summed E-state index contributed by atoms with van der Waals surface area (Å²) in [4.78, 5) is 12.2. The van der Waals surface area contributed by atoms with E-state index in [9.17, 15) is 4.79 Å². The third-order valence-electron chi connectivity index (χ3n) is 3.50. The van der Waals surface area contributed by atoms with E-state index in [1.807, 2.05) is 97.1 Å². The van der Waals surface area contributed by atoms with Crippen LogP contribution < -0.4 is 10.6 Å². The van der Waals surface area contributed by atoms with Crippen LogP contribution in [0.5, 0.6) is 0 Å². The maximum absolute atomic E-state index is 12.2. The minimum Gasteiger partial charge on any atom is -0.308 e. The molecule has 24 heavy (non-hydrogen) atoms. The Morgan fingerprint density at radius 3 is 2.04 bits per heavy atom. The van der Waals surface area contributed by atoms with Crippen molar-refractivity contribution in [3.05, 3.63) is 96.1 Å². The Balaban J connectivity index is 1.72. The van der Waals surface area contributed by atoms with Gasteiger partial charge in [0.1, 0.15) is 0 Å². The third-order valence-corrected chi connectivity index (χ3v) is 3.50. The van der Waals surface area contributed by atoms with Gasteiger partial charge in [0.15, 0.2) is 0 Å². The van der Waals surface area contributed by atoms with Gasteiger partial charge in [-0.15, -0.1) is 0 Å². The molecule has 0 atom stereocenters. The lowest BCUT2D eigenvalue weighted by molar-refractivity contribution is 0.262. The number of rotatable bonds is 4. The molecule has 0 fully saturated rings. The van der Waals surface area contributed by atoms with Gasteiger partial charge >= 0.3 is 6.03 Å². The van der Waals surface area contributed by atoms with Crippen molar-refractivity contribution in [2.24, 2.45) is 0 Å². The Bertz CT molecular complexity index is 827. The molecule has 0 saturated heterocycles. The van der Waals surface area contributed by atoms with Gasteiger partial charge in [-0.3, -0.25) is 0 Å². The van der Waals surface area contributed by atoms with Gasteiger partial charge in [-0.05, 0) is 29.3 Å². The Labute approximate surface area is 141 Å². The molecule has 3 aromatic rings. The summed E-state index contributed by atoms with van der Waals surface area (Å²) in [5.41, 5.74) is 3.58. The lowest BCUT2D eigenvalue weighted by Gasteiger charge is -2.10. The van der Waals surface area contributed by atoms with Gasteiger partial charge in [-0.2, -0.15) is 0 Å². The summed E-state index contributed by atoms with van der Waals surface area (Å²) in [5.74, 6) is 0. The smallest absolute Gasteiger partial charge is 0.308 e. The number of hydrogen-bond donors (Lipinski definition) is 2. The number of carbonyl (C=O) groups excluding carboxylic acids is 1. The van der Waals surface area contributed by atoms with E-state index in [2.05, 4.69) is 10.6 Å². The van der Waals surface area contributed by atoms with Crippen molar-refractivity contribution in [2.75, 3.05) is 10.6 Å². The minimum atomic E-state index is -0.262. The van der Waals surface area contributed by atoms with Gasteiger partial charge in [0, 0.05) is 11.4 Å². The van der Waals surface area contributed by atoms with E-state index in [0.717, 1.165) is 22.5 Å². The highest BCUT2D eigenvalue weighted by molar-refractivity contribution is 6.01. The Hall–Kier alpha value is -3.33. The van der Waals surface area contributed by atoms with Gasteiger partial charge in [-0.1, -0.05) is 78.9 Å². The van der Waals surface area contributed by atoms with E-state index in [1.165, 1.54) is 0 Å². The number of anilines is 2. The highest BCUT2D eigenvalue weighted by atomic mass is 16.2. The van der Waals surface area contributed by atoms with Crippen LogP contribution in [-0.4, -0.2) is 6.03 Å². The van der Waals surface area contributed by atoms with Crippen LogP contribution in [0.25, 0.3) is 12.2 Å². The number of para-hydroxylation sites is 2. The molecular weight excluding hydrogens is 296 g/mol. The van der Waals surface area contributed by atoms with Crippen molar-refractivity contribution in [3.63, 3.8) is 0 Å². The van der Waals surface area contributed by atoms with Crippen molar-refractivity contribution >= 4 is 29.6 Å². The normalized spacial score (nSPS) is 10.5. The van der Waals surface area contributed by atoms with Crippen molar-refractivity contribution in [2.45, 2.75) is 0 Å². The van der Waals surface area contributed by atoms with Crippen molar-refractivity contribution in [3.8, 4) is 0 Å². The minimum absolute atomic E-state index is 0.262. The first kappa shape index (κ1) is 15.6. The standard InChI is InChI=1S/C21H18N2O/c24-21(22-19-12-5-2-6-13-19)23-20-14-8-7-11-18(20)16-15-17-9-3-1-4-10-17/h1-16H,(H2,22,23,24). The molecule has 3 heteroatoms. The van der Waals surface area contributed by atoms with Crippen LogP contribution in [0.4, 0.5) is 16.2 Å². The molecule has 2 amide bonds. The average Bonchev–Trinajstić information content (AvgIpc) is 2.63. The number of benzene rings is 3. The molecule has 0 aromatic heterocycles. The van der Waals surface area contributed by atoms with Crippen LogP contribution in [0.15, 0.2) is 84.9 Å². The fourth-order valence-corrected chi connectivity index (χ4v) is 2.31. The number of nitrogens with one attached hydrogen (secondary N) is 2. The Morgan fingerprint density at radius 1 is 0.667 bits per heavy atom. The average molecular weight is 314 g/mol. The molecule has 0 bridgehead atoms. The summed E-state index contributed by atoms with van der Waals surface area (Å²) in [5, 5.41) is 5.71. The molecule has 3 nitrogen and oxygen atoms in total. The maximum atomic E-state index is 12.2. The third kappa shape index (κ3) is 4.34. The molecule has 0 saturated carbocycles. The molecule has 0 unspecified atom stereocenters. The monoisotopic (exact) mass is 314 g/mol. The molecule has 0 radical (unpaired) electrons. The second-order valence-corrected chi connectivity index (χ2v) is 5.28. The molecule has 0 aliphatic carbocycles. The second kappa shape index (κ2) is 7.79. The van der Waals surface area contributed by atoms with E-state index in [1.54, 1.807) is 0 Å². The van der Waals surface area contributed by atoms with Gasteiger partial charge in [0.2, 0.25) is 0 Å². The largest absolute Gasteiger partial charge is 0.323 e. The molecule has 0 aliphatic heterocycles. The summed E-state index contributed by atoms with van der Waals surface area (Å²) >= 11 is 0. The zero-order chi connectivity index (χ0) is 16.6. The fraction of sp³-hybridized carbons (Fsp3) is 0. The summed E-state index contributed by atoms with van der Waals surface area (Å²) in [6.07, 6.45) is 4.02. The van der Waals surface area contributed by atoms with E-state index >= 15 is 0 Å². The van der Waals surface area contributed by atoms with Crippen LogP contribution >= 0.6 is 0 Å². The van der Waals surface area contributed by atoms with Crippen LogP contribution in [0.3, 0.4) is 0 Å². The van der Waals surface area contributed by atoms with Gasteiger partial charge in [0.25, 0.3) is 0 Å². The van der Waals surface area contributed by atoms with E-state index in [-0.39, 0.29) is 6.03 Å². The number of carbonyl (C=O) groups is 1. The van der Waals surface area contributed by atoms with E-state index in [4.69, 9.17) is 0 Å². The van der Waals surface area contributed by atoms with Crippen LogP contribution in [0.1, 0.15) is 11.1 Å². The number of hydrogen-bond acceptors (Lipinski definition) is 1. The zero-order valence-electron chi connectivity index (χ0n) is 13.1. The lowest BCUT2D eigenvalue weighted by atomic mass is 10.1. The van der Waals surface area contributed by atoms with Crippen molar-refractivity contribution < 1.29 is 4.79 Å². The predicted octanol–water partition coefficient (Wildman–Crippen LogP) is 5.50. The van der Waals surface area contributed by atoms with Crippen LogP contribution in [0, 0.1) is 0 Å².